The molecule has 1 aliphatic carbocycles. The number of halogens is 1. The van der Waals surface area contributed by atoms with Gasteiger partial charge < -0.3 is 15.8 Å². The van der Waals surface area contributed by atoms with Gasteiger partial charge in [-0.3, -0.25) is 4.79 Å². The van der Waals surface area contributed by atoms with Crippen molar-refractivity contribution < 1.29 is 9.53 Å². The number of hydrogen-bond acceptors (Lipinski definition) is 3. The lowest BCUT2D eigenvalue weighted by Crippen LogP contribution is -2.23. The first kappa shape index (κ1) is 15.1. The SMILES string of the molecule is Nc1ccc(NC(=O)COC2CCCCCC2)c(Cl)c1. The highest BCUT2D eigenvalue weighted by molar-refractivity contribution is 6.34. The molecule has 0 spiro atoms. The van der Waals surface area contributed by atoms with Crippen molar-refractivity contribution in [1.29, 1.82) is 0 Å². The Morgan fingerprint density at radius 2 is 2.00 bits per heavy atom. The molecule has 0 heterocycles. The molecule has 20 heavy (non-hydrogen) atoms. The number of hydrogen-bond donors (Lipinski definition) is 2. The van der Waals surface area contributed by atoms with Crippen molar-refractivity contribution >= 4 is 28.9 Å². The molecule has 0 radical (unpaired) electrons. The van der Waals surface area contributed by atoms with Crippen LogP contribution in [0.15, 0.2) is 18.2 Å². The first-order valence-corrected chi connectivity index (χ1v) is 7.49. The van der Waals surface area contributed by atoms with E-state index in [0.29, 0.717) is 16.4 Å². The van der Waals surface area contributed by atoms with Crippen molar-refractivity contribution in [2.45, 2.75) is 44.6 Å². The number of rotatable bonds is 4. The monoisotopic (exact) mass is 296 g/mol. The molecular formula is C15H21ClN2O2. The first-order valence-electron chi connectivity index (χ1n) is 7.11. The number of ether oxygens (including phenoxy) is 1. The molecule has 110 valence electrons. The zero-order valence-corrected chi connectivity index (χ0v) is 12.3. The van der Waals surface area contributed by atoms with Crippen LogP contribution in [0.5, 0.6) is 0 Å². The van der Waals surface area contributed by atoms with Gasteiger partial charge in [-0.05, 0) is 31.0 Å². The second kappa shape index (κ2) is 7.50. The molecule has 0 atom stereocenters. The van der Waals surface area contributed by atoms with Crippen LogP contribution in [-0.4, -0.2) is 18.6 Å². The lowest BCUT2D eigenvalue weighted by atomic mass is 10.1. The molecule has 5 heteroatoms. The Morgan fingerprint density at radius 3 is 2.65 bits per heavy atom. The van der Waals surface area contributed by atoms with Gasteiger partial charge in [0.15, 0.2) is 0 Å². The van der Waals surface area contributed by atoms with E-state index in [-0.39, 0.29) is 18.6 Å². The second-order valence-electron chi connectivity index (χ2n) is 5.21. The molecule has 0 saturated heterocycles. The van der Waals surface area contributed by atoms with Gasteiger partial charge in [0.1, 0.15) is 6.61 Å². The quantitative estimate of drug-likeness (QED) is 0.659. The van der Waals surface area contributed by atoms with E-state index in [1.54, 1.807) is 18.2 Å². The zero-order valence-electron chi connectivity index (χ0n) is 11.5. The number of anilines is 2. The van der Waals surface area contributed by atoms with Gasteiger partial charge in [-0.15, -0.1) is 0 Å². The standard InChI is InChI=1S/C15H21ClN2O2/c16-13-9-11(17)7-8-14(13)18-15(19)10-20-12-5-3-1-2-4-6-12/h7-9,12H,1-6,10,17H2,(H,18,19). The minimum atomic E-state index is -0.180. The number of carbonyl (C=O) groups excluding carboxylic acids is 1. The van der Waals surface area contributed by atoms with Crippen molar-refractivity contribution in [2.24, 2.45) is 0 Å². The summed E-state index contributed by atoms with van der Waals surface area (Å²) in [5.74, 6) is -0.180. The van der Waals surface area contributed by atoms with Gasteiger partial charge in [-0.1, -0.05) is 37.3 Å². The van der Waals surface area contributed by atoms with E-state index >= 15 is 0 Å². The fourth-order valence-electron chi connectivity index (χ4n) is 2.42. The molecule has 0 aliphatic heterocycles. The summed E-state index contributed by atoms with van der Waals surface area (Å²) < 4.78 is 5.68. The molecule has 4 nitrogen and oxygen atoms in total. The maximum absolute atomic E-state index is 11.9. The predicted molar refractivity (Wildman–Crippen MR) is 81.9 cm³/mol. The van der Waals surface area contributed by atoms with Crippen LogP contribution in [-0.2, 0) is 9.53 Å². The number of carbonyl (C=O) groups is 1. The van der Waals surface area contributed by atoms with Crippen molar-refractivity contribution in [3.05, 3.63) is 23.2 Å². The maximum atomic E-state index is 11.9. The largest absolute Gasteiger partial charge is 0.399 e. The molecular weight excluding hydrogens is 276 g/mol. The molecule has 1 saturated carbocycles. The van der Waals surface area contributed by atoms with Crippen LogP contribution in [0, 0.1) is 0 Å². The Kier molecular flexibility index (Phi) is 5.68. The maximum Gasteiger partial charge on any atom is 0.250 e. The van der Waals surface area contributed by atoms with E-state index in [1.807, 2.05) is 0 Å². The van der Waals surface area contributed by atoms with E-state index in [4.69, 9.17) is 22.1 Å². The summed E-state index contributed by atoms with van der Waals surface area (Å²) in [4.78, 5) is 11.9. The Hall–Kier alpha value is -1.26. The van der Waals surface area contributed by atoms with Crippen molar-refractivity contribution in [3.8, 4) is 0 Å². The summed E-state index contributed by atoms with van der Waals surface area (Å²) in [6.07, 6.45) is 7.24. The molecule has 1 aromatic rings. The molecule has 1 aliphatic rings. The summed E-state index contributed by atoms with van der Waals surface area (Å²) in [5.41, 5.74) is 6.74. The van der Waals surface area contributed by atoms with Crippen LogP contribution in [0.2, 0.25) is 5.02 Å². The van der Waals surface area contributed by atoms with Crippen LogP contribution in [0.1, 0.15) is 38.5 Å². The molecule has 1 amide bonds. The molecule has 0 unspecified atom stereocenters. The third kappa shape index (κ3) is 4.69. The molecule has 0 aromatic heterocycles. The minimum Gasteiger partial charge on any atom is -0.399 e. The second-order valence-corrected chi connectivity index (χ2v) is 5.62. The summed E-state index contributed by atoms with van der Waals surface area (Å²) in [6.45, 7) is 0.0748. The number of nitrogens with two attached hydrogens (primary N) is 1. The summed E-state index contributed by atoms with van der Waals surface area (Å²) >= 11 is 6.01. The molecule has 1 fully saturated rings. The highest BCUT2D eigenvalue weighted by atomic mass is 35.5. The van der Waals surface area contributed by atoms with Gasteiger partial charge in [0.2, 0.25) is 5.91 Å². The highest BCUT2D eigenvalue weighted by Gasteiger charge is 2.14. The Bertz CT molecular complexity index is 457. The van der Waals surface area contributed by atoms with Crippen LogP contribution < -0.4 is 11.1 Å². The van der Waals surface area contributed by atoms with Gasteiger partial charge in [-0.25, -0.2) is 0 Å². The summed E-state index contributed by atoms with van der Waals surface area (Å²) in [5, 5.41) is 3.18. The lowest BCUT2D eigenvalue weighted by Gasteiger charge is -2.15. The van der Waals surface area contributed by atoms with Crippen molar-refractivity contribution in [2.75, 3.05) is 17.7 Å². The smallest absolute Gasteiger partial charge is 0.250 e. The summed E-state index contributed by atoms with van der Waals surface area (Å²) in [6, 6.07) is 5.01. The van der Waals surface area contributed by atoms with Crippen LogP contribution in [0.3, 0.4) is 0 Å². The fourth-order valence-corrected chi connectivity index (χ4v) is 2.66. The minimum absolute atomic E-state index is 0.0748. The molecule has 2 rings (SSSR count). The average Bonchev–Trinajstić information content (AvgIpc) is 2.68. The van der Waals surface area contributed by atoms with Crippen LogP contribution in [0.4, 0.5) is 11.4 Å². The summed E-state index contributed by atoms with van der Waals surface area (Å²) in [7, 11) is 0. The van der Waals surface area contributed by atoms with Crippen LogP contribution in [0.25, 0.3) is 0 Å². The fraction of sp³-hybridized carbons (Fsp3) is 0.533. The van der Waals surface area contributed by atoms with Gasteiger partial charge in [0.25, 0.3) is 0 Å². The lowest BCUT2D eigenvalue weighted by molar-refractivity contribution is -0.122. The van der Waals surface area contributed by atoms with E-state index in [2.05, 4.69) is 5.32 Å². The van der Waals surface area contributed by atoms with Gasteiger partial charge in [0, 0.05) is 5.69 Å². The van der Waals surface area contributed by atoms with E-state index in [0.717, 1.165) is 12.8 Å². The molecule has 1 aromatic carbocycles. The third-order valence-electron chi connectivity index (χ3n) is 3.52. The third-order valence-corrected chi connectivity index (χ3v) is 3.83. The van der Waals surface area contributed by atoms with Gasteiger partial charge >= 0.3 is 0 Å². The van der Waals surface area contributed by atoms with E-state index < -0.39 is 0 Å². The number of nitrogens with one attached hydrogen (secondary N) is 1. The zero-order chi connectivity index (χ0) is 14.4. The number of nitrogen functional groups attached to an aromatic ring is 1. The van der Waals surface area contributed by atoms with Gasteiger partial charge in [-0.2, -0.15) is 0 Å². The molecule has 0 bridgehead atoms. The van der Waals surface area contributed by atoms with Crippen molar-refractivity contribution in [3.63, 3.8) is 0 Å². The topological polar surface area (TPSA) is 64.3 Å². The Balaban J connectivity index is 1.79. The predicted octanol–water partition coefficient (Wildman–Crippen LogP) is 3.60. The molecule has 3 N–H and O–H groups in total. The van der Waals surface area contributed by atoms with Gasteiger partial charge in [0.05, 0.1) is 16.8 Å². The number of benzene rings is 1. The van der Waals surface area contributed by atoms with Crippen molar-refractivity contribution in [1.82, 2.24) is 0 Å². The number of amides is 1. The highest BCUT2D eigenvalue weighted by Crippen LogP contribution is 2.24. The Labute approximate surface area is 124 Å². The van der Waals surface area contributed by atoms with E-state index in [9.17, 15) is 4.79 Å². The Morgan fingerprint density at radius 1 is 1.30 bits per heavy atom. The average molecular weight is 297 g/mol. The normalized spacial score (nSPS) is 16.6. The first-order chi connectivity index (χ1) is 9.65. The van der Waals surface area contributed by atoms with Crippen LogP contribution >= 0.6 is 11.6 Å². The van der Waals surface area contributed by atoms with E-state index in [1.165, 1.54) is 25.7 Å².